The molecule has 5 nitrogen and oxygen atoms in total. The fraction of sp³-hybridized carbons (Fsp3) is 0.133. The van der Waals surface area contributed by atoms with Crippen LogP contribution in [0.2, 0.25) is 5.02 Å². The highest BCUT2D eigenvalue weighted by Crippen LogP contribution is 2.31. The van der Waals surface area contributed by atoms with Crippen molar-refractivity contribution in [2.75, 3.05) is 5.32 Å². The van der Waals surface area contributed by atoms with Gasteiger partial charge in [0.25, 0.3) is 5.69 Å². The summed E-state index contributed by atoms with van der Waals surface area (Å²) in [5.74, 6) is 0. The summed E-state index contributed by atoms with van der Waals surface area (Å²) in [5.41, 5.74) is 1.92. The zero-order chi connectivity index (χ0) is 15.7. The molecule has 7 heteroatoms. The first-order chi connectivity index (χ1) is 10.5. The number of hydrogen-bond acceptors (Lipinski definition) is 5. The van der Waals surface area contributed by atoms with Crippen molar-refractivity contribution in [1.82, 2.24) is 4.98 Å². The second-order valence-corrected chi connectivity index (χ2v) is 6.31. The maximum atomic E-state index is 10.8. The summed E-state index contributed by atoms with van der Waals surface area (Å²) >= 11 is 7.29. The Labute approximate surface area is 135 Å². The van der Waals surface area contributed by atoms with Gasteiger partial charge in [0.05, 0.1) is 21.2 Å². The van der Waals surface area contributed by atoms with Gasteiger partial charge >= 0.3 is 0 Å². The Bertz CT molecular complexity index is 832. The highest BCUT2D eigenvalue weighted by molar-refractivity contribution is 7.22. The Kier molecular flexibility index (Phi) is 3.96. The van der Waals surface area contributed by atoms with Crippen LogP contribution in [0.1, 0.15) is 18.5 Å². The van der Waals surface area contributed by atoms with Crippen molar-refractivity contribution < 1.29 is 4.92 Å². The molecule has 0 aliphatic carbocycles. The Morgan fingerprint density at radius 3 is 2.68 bits per heavy atom. The lowest BCUT2D eigenvalue weighted by Gasteiger charge is -2.13. The van der Waals surface area contributed by atoms with Crippen LogP contribution in [0, 0.1) is 10.1 Å². The minimum absolute atomic E-state index is 0.0628. The van der Waals surface area contributed by atoms with E-state index in [4.69, 9.17) is 11.6 Å². The highest BCUT2D eigenvalue weighted by Gasteiger charge is 2.12. The van der Waals surface area contributed by atoms with Crippen molar-refractivity contribution >= 4 is 44.0 Å². The van der Waals surface area contributed by atoms with Crippen molar-refractivity contribution in [3.8, 4) is 0 Å². The van der Waals surface area contributed by atoms with Crippen LogP contribution < -0.4 is 5.32 Å². The van der Waals surface area contributed by atoms with E-state index in [1.807, 2.05) is 31.2 Å². The number of nitro benzene ring substituents is 1. The molecule has 112 valence electrons. The summed E-state index contributed by atoms with van der Waals surface area (Å²) in [7, 11) is 0. The third-order valence-electron chi connectivity index (χ3n) is 3.29. The van der Waals surface area contributed by atoms with E-state index in [1.165, 1.54) is 17.4 Å². The molecule has 0 amide bonds. The zero-order valence-electron chi connectivity index (χ0n) is 11.6. The molecular formula is C15H12ClN3O2S. The van der Waals surface area contributed by atoms with Crippen LogP contribution in [0.4, 0.5) is 10.8 Å². The standard InChI is InChI=1S/C15H12ClN3O2S/c1-9(10-2-4-11(16)5-3-10)17-15-18-13-7-6-12(19(20)21)8-14(13)22-15/h2-9H,1H3,(H,17,18). The minimum atomic E-state index is -0.400. The van der Waals surface area contributed by atoms with Crippen LogP contribution in [-0.4, -0.2) is 9.91 Å². The van der Waals surface area contributed by atoms with E-state index in [2.05, 4.69) is 10.3 Å². The molecule has 22 heavy (non-hydrogen) atoms. The topological polar surface area (TPSA) is 68.1 Å². The van der Waals surface area contributed by atoms with Gasteiger partial charge in [-0.05, 0) is 30.7 Å². The fourth-order valence-electron chi connectivity index (χ4n) is 2.11. The van der Waals surface area contributed by atoms with Gasteiger partial charge in [0.15, 0.2) is 5.13 Å². The van der Waals surface area contributed by atoms with E-state index < -0.39 is 4.92 Å². The molecule has 1 aromatic heterocycles. The summed E-state index contributed by atoms with van der Waals surface area (Å²) in [6.07, 6.45) is 0. The van der Waals surface area contributed by atoms with Crippen LogP contribution in [-0.2, 0) is 0 Å². The summed E-state index contributed by atoms with van der Waals surface area (Å²) in [5, 5.41) is 15.5. The van der Waals surface area contributed by atoms with Gasteiger partial charge in [0, 0.05) is 17.2 Å². The Hall–Kier alpha value is -2.18. The van der Waals surface area contributed by atoms with E-state index in [1.54, 1.807) is 12.1 Å². The summed E-state index contributed by atoms with van der Waals surface area (Å²) in [6.45, 7) is 2.03. The average Bonchev–Trinajstić information content (AvgIpc) is 2.88. The van der Waals surface area contributed by atoms with Crippen LogP contribution in [0.15, 0.2) is 42.5 Å². The Balaban J connectivity index is 1.84. The van der Waals surface area contributed by atoms with Crippen LogP contribution >= 0.6 is 22.9 Å². The molecular weight excluding hydrogens is 322 g/mol. The number of aromatic nitrogens is 1. The molecule has 0 saturated heterocycles. The molecule has 2 aromatic carbocycles. The monoisotopic (exact) mass is 333 g/mol. The minimum Gasteiger partial charge on any atom is -0.355 e. The molecule has 1 atom stereocenters. The number of thiazole rings is 1. The lowest BCUT2D eigenvalue weighted by Crippen LogP contribution is -2.05. The molecule has 0 fully saturated rings. The molecule has 1 unspecified atom stereocenters. The van der Waals surface area contributed by atoms with Gasteiger partial charge < -0.3 is 5.32 Å². The number of non-ortho nitro benzene ring substituents is 1. The van der Waals surface area contributed by atoms with Gasteiger partial charge in [-0.25, -0.2) is 4.98 Å². The molecule has 1 N–H and O–H groups in total. The van der Waals surface area contributed by atoms with Gasteiger partial charge in [-0.15, -0.1) is 0 Å². The summed E-state index contributed by atoms with van der Waals surface area (Å²) in [4.78, 5) is 14.9. The Morgan fingerprint density at radius 2 is 2.00 bits per heavy atom. The second-order valence-electron chi connectivity index (χ2n) is 4.85. The van der Waals surface area contributed by atoms with Crippen molar-refractivity contribution in [2.45, 2.75) is 13.0 Å². The lowest BCUT2D eigenvalue weighted by molar-refractivity contribution is -0.384. The summed E-state index contributed by atoms with van der Waals surface area (Å²) in [6, 6.07) is 12.3. The number of nitrogens with one attached hydrogen (secondary N) is 1. The third kappa shape index (κ3) is 3.03. The van der Waals surface area contributed by atoms with Gasteiger partial charge in [-0.2, -0.15) is 0 Å². The van der Waals surface area contributed by atoms with E-state index in [9.17, 15) is 10.1 Å². The molecule has 1 heterocycles. The first-order valence-corrected chi connectivity index (χ1v) is 7.79. The van der Waals surface area contributed by atoms with E-state index in [0.29, 0.717) is 5.02 Å². The number of rotatable bonds is 4. The number of benzene rings is 2. The van der Waals surface area contributed by atoms with Crippen LogP contribution in [0.3, 0.4) is 0 Å². The normalized spacial score (nSPS) is 12.3. The smallest absolute Gasteiger partial charge is 0.270 e. The van der Waals surface area contributed by atoms with E-state index in [-0.39, 0.29) is 11.7 Å². The van der Waals surface area contributed by atoms with Crippen molar-refractivity contribution in [1.29, 1.82) is 0 Å². The highest BCUT2D eigenvalue weighted by atomic mass is 35.5. The lowest BCUT2D eigenvalue weighted by atomic mass is 10.1. The van der Waals surface area contributed by atoms with Crippen molar-refractivity contribution in [3.05, 3.63) is 63.2 Å². The SMILES string of the molecule is CC(Nc1nc2ccc([N+](=O)[O-])cc2s1)c1ccc(Cl)cc1. The molecule has 0 aliphatic heterocycles. The molecule has 0 radical (unpaired) electrons. The van der Waals surface area contributed by atoms with E-state index >= 15 is 0 Å². The van der Waals surface area contributed by atoms with Gasteiger partial charge in [0.2, 0.25) is 0 Å². The maximum Gasteiger partial charge on any atom is 0.270 e. The number of nitrogens with zero attached hydrogens (tertiary/aromatic N) is 2. The first kappa shape index (κ1) is 14.7. The average molecular weight is 334 g/mol. The van der Waals surface area contributed by atoms with Gasteiger partial charge in [-0.3, -0.25) is 10.1 Å². The van der Waals surface area contributed by atoms with Crippen molar-refractivity contribution in [3.63, 3.8) is 0 Å². The number of fused-ring (bicyclic) bond motifs is 1. The van der Waals surface area contributed by atoms with E-state index in [0.717, 1.165) is 20.9 Å². The number of anilines is 1. The number of nitro groups is 1. The quantitative estimate of drug-likeness (QED) is 0.537. The van der Waals surface area contributed by atoms with Gasteiger partial charge in [-0.1, -0.05) is 35.1 Å². The first-order valence-electron chi connectivity index (χ1n) is 6.60. The molecule has 0 spiro atoms. The second kappa shape index (κ2) is 5.90. The number of hydrogen-bond donors (Lipinski definition) is 1. The third-order valence-corrected chi connectivity index (χ3v) is 4.49. The largest absolute Gasteiger partial charge is 0.355 e. The zero-order valence-corrected chi connectivity index (χ0v) is 13.2. The van der Waals surface area contributed by atoms with Crippen molar-refractivity contribution in [2.24, 2.45) is 0 Å². The molecule has 0 aliphatic rings. The molecule has 0 bridgehead atoms. The fourth-order valence-corrected chi connectivity index (χ4v) is 3.22. The van der Waals surface area contributed by atoms with Crippen LogP contribution in [0.5, 0.6) is 0 Å². The molecule has 3 aromatic rings. The predicted molar refractivity (Wildman–Crippen MR) is 89.8 cm³/mol. The van der Waals surface area contributed by atoms with Crippen LogP contribution in [0.25, 0.3) is 10.2 Å². The predicted octanol–water partition coefficient (Wildman–Crippen LogP) is 5.03. The Morgan fingerprint density at radius 1 is 1.27 bits per heavy atom. The maximum absolute atomic E-state index is 10.8. The molecule has 0 saturated carbocycles. The molecule has 3 rings (SSSR count). The number of halogens is 1. The summed E-state index contributed by atoms with van der Waals surface area (Å²) < 4.78 is 0.792. The van der Waals surface area contributed by atoms with Gasteiger partial charge in [0.1, 0.15) is 0 Å².